The number of pyridine rings is 1. The molecule has 0 saturated carbocycles. The van der Waals surface area contributed by atoms with E-state index in [1.807, 2.05) is 19.2 Å². The first-order chi connectivity index (χ1) is 6.18. The van der Waals surface area contributed by atoms with Gasteiger partial charge in [0.05, 0.1) is 13.0 Å². The zero-order chi connectivity index (χ0) is 9.68. The minimum absolute atomic E-state index is 0.0301. The first kappa shape index (κ1) is 9.67. The monoisotopic (exact) mass is 180 g/mol. The quantitative estimate of drug-likeness (QED) is 0.574. The van der Waals surface area contributed by atoms with E-state index in [4.69, 9.17) is 0 Å². The van der Waals surface area contributed by atoms with Gasteiger partial charge in [-0.1, -0.05) is 0 Å². The maximum Gasteiger partial charge on any atom is 0.117 e. The zero-order valence-corrected chi connectivity index (χ0v) is 7.49. The Balaban J connectivity index is 2.45. The first-order valence-corrected chi connectivity index (χ1v) is 4.08. The van der Waals surface area contributed by atoms with Crippen LogP contribution in [0.25, 0.3) is 0 Å². The van der Waals surface area contributed by atoms with Crippen LogP contribution in [0.15, 0.2) is 24.5 Å². The molecule has 13 heavy (non-hydrogen) atoms. The van der Waals surface area contributed by atoms with Gasteiger partial charge in [0.1, 0.15) is 13.1 Å². The summed E-state index contributed by atoms with van der Waals surface area (Å²) in [5, 5.41) is 10.3. The number of aromatic nitrogens is 1. The molecule has 0 aliphatic heterocycles. The second kappa shape index (κ2) is 4.57. The molecule has 0 amide bonds. The van der Waals surface area contributed by atoms with Gasteiger partial charge in [0, 0.05) is 18.0 Å². The van der Waals surface area contributed by atoms with Crippen molar-refractivity contribution in [2.75, 3.05) is 13.6 Å². The van der Waals surface area contributed by atoms with Crippen LogP contribution < -0.4 is 10.0 Å². The third-order valence-electron chi connectivity index (χ3n) is 1.70. The average molecular weight is 180 g/mol. The molecule has 70 valence electrons. The highest BCUT2D eigenvalue weighted by Gasteiger charge is 2.02. The number of nitrogens with one attached hydrogen (secondary N) is 1. The van der Waals surface area contributed by atoms with Crippen LogP contribution in [0.3, 0.4) is 0 Å². The Bertz CT molecular complexity index is 274. The van der Waals surface area contributed by atoms with Gasteiger partial charge in [-0.05, 0) is 12.1 Å². The fraction of sp³-hybridized carbons (Fsp3) is 0.333. The van der Waals surface area contributed by atoms with Crippen LogP contribution in [-0.2, 0) is 11.3 Å². The van der Waals surface area contributed by atoms with E-state index in [0.29, 0.717) is 6.54 Å². The van der Waals surface area contributed by atoms with Crippen LogP contribution in [0.5, 0.6) is 0 Å². The summed E-state index contributed by atoms with van der Waals surface area (Å²) >= 11 is 0. The van der Waals surface area contributed by atoms with Gasteiger partial charge in [-0.2, -0.15) is 0 Å². The topological polar surface area (TPSA) is 57.5 Å². The predicted molar refractivity (Wildman–Crippen MR) is 44.7 cm³/mol. The lowest BCUT2D eigenvalue weighted by molar-refractivity contribution is -0.887. The van der Waals surface area contributed by atoms with Gasteiger partial charge < -0.3 is 14.8 Å². The van der Waals surface area contributed by atoms with Crippen molar-refractivity contribution in [2.24, 2.45) is 0 Å². The molecular formula is C9H12N2O2. The van der Waals surface area contributed by atoms with Crippen LogP contribution in [0.1, 0.15) is 5.56 Å². The number of hydrogen-bond donors (Lipinski definition) is 1. The number of carboxylic acid groups (broad SMARTS) is 1. The number of carbonyl (C=O) groups excluding carboxylic acids is 1. The summed E-state index contributed by atoms with van der Waals surface area (Å²) in [4.78, 5) is 15.0. The Morgan fingerprint density at radius 2 is 2.15 bits per heavy atom. The van der Waals surface area contributed by atoms with Crippen molar-refractivity contribution in [3.63, 3.8) is 0 Å². The smallest absolute Gasteiger partial charge is 0.117 e. The highest BCUT2D eigenvalue weighted by Crippen LogP contribution is 1.91. The molecule has 0 bridgehead atoms. The van der Waals surface area contributed by atoms with Gasteiger partial charge in [-0.3, -0.25) is 4.98 Å². The first-order valence-electron chi connectivity index (χ1n) is 4.08. The Kier molecular flexibility index (Phi) is 3.40. The Morgan fingerprint density at radius 3 is 2.69 bits per heavy atom. The van der Waals surface area contributed by atoms with Crippen LogP contribution >= 0.6 is 0 Å². The Morgan fingerprint density at radius 1 is 1.54 bits per heavy atom. The van der Waals surface area contributed by atoms with Crippen molar-refractivity contribution in [3.8, 4) is 0 Å². The summed E-state index contributed by atoms with van der Waals surface area (Å²) in [5.41, 5.74) is 1.08. The minimum atomic E-state index is -1.02. The highest BCUT2D eigenvalue weighted by atomic mass is 16.4. The molecule has 0 radical (unpaired) electrons. The number of quaternary nitrogens is 1. The van der Waals surface area contributed by atoms with E-state index < -0.39 is 5.97 Å². The maximum atomic E-state index is 10.3. The SMILES string of the molecule is C[NH+](CC(=O)[O-])Cc1ccncc1. The zero-order valence-electron chi connectivity index (χ0n) is 7.49. The van der Waals surface area contributed by atoms with E-state index in [2.05, 4.69) is 4.98 Å². The van der Waals surface area contributed by atoms with E-state index in [-0.39, 0.29) is 6.54 Å². The van der Waals surface area contributed by atoms with Crippen molar-refractivity contribution < 1.29 is 14.8 Å². The van der Waals surface area contributed by atoms with Gasteiger partial charge in [0.25, 0.3) is 0 Å². The molecule has 1 rings (SSSR count). The molecular weight excluding hydrogens is 168 g/mol. The lowest BCUT2D eigenvalue weighted by atomic mass is 10.2. The number of carboxylic acids is 1. The van der Waals surface area contributed by atoms with Crippen LogP contribution in [-0.4, -0.2) is 24.5 Å². The third kappa shape index (κ3) is 3.66. The fourth-order valence-corrected chi connectivity index (χ4v) is 1.16. The van der Waals surface area contributed by atoms with Crippen LogP contribution in [0.4, 0.5) is 0 Å². The normalized spacial score (nSPS) is 12.4. The third-order valence-corrected chi connectivity index (χ3v) is 1.70. The van der Waals surface area contributed by atoms with Crippen molar-refractivity contribution in [1.29, 1.82) is 0 Å². The second-order valence-electron chi connectivity index (χ2n) is 3.04. The molecule has 1 aromatic heterocycles. The summed E-state index contributed by atoms with van der Waals surface area (Å²) in [6.07, 6.45) is 3.39. The average Bonchev–Trinajstić information content (AvgIpc) is 2.04. The number of carbonyl (C=O) groups is 1. The standard InChI is InChI=1S/C9H12N2O2/c1-11(7-9(12)13)6-8-2-4-10-5-3-8/h2-5H,6-7H2,1H3,(H,12,13). The van der Waals surface area contributed by atoms with Gasteiger partial charge in [-0.25, -0.2) is 0 Å². The summed E-state index contributed by atoms with van der Waals surface area (Å²) in [6.45, 7) is 0.707. The van der Waals surface area contributed by atoms with Gasteiger partial charge in [0.15, 0.2) is 0 Å². The molecule has 1 unspecified atom stereocenters. The number of likely N-dealkylation sites (N-methyl/N-ethyl adjacent to an activating group) is 1. The summed E-state index contributed by atoms with van der Waals surface area (Å²) < 4.78 is 0. The largest absolute Gasteiger partial charge is 0.544 e. The molecule has 1 aromatic rings. The minimum Gasteiger partial charge on any atom is -0.544 e. The molecule has 0 saturated heterocycles. The summed E-state index contributed by atoms with van der Waals surface area (Å²) in [7, 11) is 1.82. The molecule has 1 heterocycles. The second-order valence-corrected chi connectivity index (χ2v) is 3.04. The van der Waals surface area contributed by atoms with E-state index in [9.17, 15) is 9.90 Å². The van der Waals surface area contributed by atoms with E-state index >= 15 is 0 Å². The van der Waals surface area contributed by atoms with Crippen LogP contribution in [0.2, 0.25) is 0 Å². The van der Waals surface area contributed by atoms with E-state index in [1.54, 1.807) is 12.4 Å². The highest BCUT2D eigenvalue weighted by molar-refractivity contribution is 5.65. The lowest BCUT2D eigenvalue weighted by Gasteiger charge is -2.13. The number of aliphatic carboxylic acids is 1. The van der Waals surface area contributed by atoms with Gasteiger partial charge >= 0.3 is 0 Å². The van der Waals surface area contributed by atoms with Crippen LogP contribution in [0, 0.1) is 0 Å². The van der Waals surface area contributed by atoms with Crippen molar-refractivity contribution in [1.82, 2.24) is 4.98 Å². The molecule has 0 spiro atoms. The molecule has 0 aliphatic rings. The Labute approximate surface area is 76.8 Å². The number of nitrogens with zero attached hydrogens (tertiary/aromatic N) is 1. The molecule has 1 N–H and O–H groups in total. The van der Waals surface area contributed by atoms with Crippen molar-refractivity contribution >= 4 is 5.97 Å². The van der Waals surface area contributed by atoms with E-state index in [0.717, 1.165) is 10.5 Å². The molecule has 0 aromatic carbocycles. The number of hydrogen-bond acceptors (Lipinski definition) is 3. The Hall–Kier alpha value is -1.42. The van der Waals surface area contributed by atoms with Crippen molar-refractivity contribution in [2.45, 2.75) is 6.54 Å². The predicted octanol–water partition coefficient (Wildman–Crippen LogP) is -2.15. The lowest BCUT2D eigenvalue weighted by Crippen LogP contribution is -3.09. The van der Waals surface area contributed by atoms with Gasteiger partial charge in [0.2, 0.25) is 0 Å². The molecule has 0 aliphatic carbocycles. The number of rotatable bonds is 4. The maximum absolute atomic E-state index is 10.3. The van der Waals surface area contributed by atoms with E-state index in [1.165, 1.54) is 0 Å². The molecule has 1 atom stereocenters. The van der Waals surface area contributed by atoms with Crippen molar-refractivity contribution in [3.05, 3.63) is 30.1 Å². The molecule has 0 fully saturated rings. The molecule has 4 heteroatoms. The van der Waals surface area contributed by atoms with Gasteiger partial charge in [-0.15, -0.1) is 0 Å². The fourth-order valence-electron chi connectivity index (χ4n) is 1.16. The molecule has 4 nitrogen and oxygen atoms in total. The summed E-state index contributed by atoms with van der Waals surface area (Å²) in [6, 6.07) is 3.75. The summed E-state index contributed by atoms with van der Waals surface area (Å²) in [5.74, 6) is -1.02.